The summed E-state index contributed by atoms with van der Waals surface area (Å²) in [6.07, 6.45) is 4.58. The van der Waals surface area contributed by atoms with Gasteiger partial charge in [0.1, 0.15) is 0 Å². The summed E-state index contributed by atoms with van der Waals surface area (Å²) in [7, 11) is -2.80. The molecule has 2 aromatic rings. The second kappa shape index (κ2) is 8.43. The van der Waals surface area contributed by atoms with Crippen molar-refractivity contribution in [2.45, 2.75) is 64.9 Å². The van der Waals surface area contributed by atoms with Crippen LogP contribution in [-0.4, -0.2) is 12.0 Å². The lowest BCUT2D eigenvalue weighted by Gasteiger charge is -2.42. The summed E-state index contributed by atoms with van der Waals surface area (Å²) in [5.41, 5.74) is 7.69. The highest BCUT2D eigenvalue weighted by Crippen LogP contribution is 2.46. The van der Waals surface area contributed by atoms with Crippen molar-refractivity contribution in [3.63, 3.8) is 0 Å². The Bertz CT molecular complexity index is 987. The highest BCUT2D eigenvalue weighted by molar-refractivity contribution is 7.47. The van der Waals surface area contributed by atoms with Crippen LogP contribution >= 0.6 is 7.82 Å². The summed E-state index contributed by atoms with van der Waals surface area (Å²) in [6.45, 7) is 11.5. The number of hydrogen-bond acceptors (Lipinski definition) is 3. The Labute approximate surface area is 180 Å². The molecule has 5 heteroatoms. The molecule has 1 unspecified atom stereocenters. The third-order valence-electron chi connectivity index (χ3n) is 6.30. The average Bonchev–Trinajstić information content (AvgIpc) is 2.71. The molecule has 0 saturated heterocycles. The summed E-state index contributed by atoms with van der Waals surface area (Å²) < 4.78 is 20.8. The highest BCUT2D eigenvalue weighted by atomic mass is 31.2. The smallest absolute Gasteiger partial charge is 0.302 e. The molecule has 0 fully saturated rings. The summed E-state index contributed by atoms with van der Waals surface area (Å²) in [5, 5.41) is 0. The Morgan fingerprint density at radius 1 is 1.03 bits per heavy atom. The molecule has 30 heavy (non-hydrogen) atoms. The van der Waals surface area contributed by atoms with Gasteiger partial charge in [0.05, 0.1) is 6.61 Å². The minimum Gasteiger partial charge on any atom is -0.302 e. The molecule has 0 amide bonds. The first kappa shape index (κ1) is 23.0. The molecule has 0 spiro atoms. The number of fused-ring (bicyclic) bond motifs is 1. The zero-order valence-corrected chi connectivity index (χ0v) is 19.8. The second-order valence-electron chi connectivity index (χ2n) is 9.52. The fourth-order valence-corrected chi connectivity index (χ4v) is 4.50. The van der Waals surface area contributed by atoms with Crippen molar-refractivity contribution in [1.82, 2.24) is 0 Å². The van der Waals surface area contributed by atoms with E-state index in [1.165, 1.54) is 35.1 Å². The zero-order chi connectivity index (χ0) is 22.2. The third kappa shape index (κ3) is 5.12. The molecule has 2 aromatic carbocycles. The number of hydrogen-bond donors (Lipinski definition) is 1. The second-order valence-corrected chi connectivity index (χ2v) is 11.1. The molecule has 3 rings (SSSR count). The van der Waals surface area contributed by atoms with Gasteiger partial charge in [-0.2, -0.15) is 0 Å². The monoisotopic (exact) mass is 428 g/mol. The standard InChI is InChI=1S/C25H33O4P/c1-18(15-19-7-9-20(10-8-19)17-29-30(26,27)28-6)21-11-12-22-23(16-21)25(4,5)14-13-24(22,2)3/h7-12,15-16H,13-14,17H2,1-6H3,(H,26,27). The van der Waals surface area contributed by atoms with E-state index in [2.05, 4.69) is 63.4 Å². The molecule has 1 aliphatic rings. The van der Waals surface area contributed by atoms with E-state index >= 15 is 0 Å². The van der Waals surface area contributed by atoms with Crippen LogP contribution in [0, 0.1) is 0 Å². The number of phosphoric acid groups is 1. The number of benzene rings is 2. The van der Waals surface area contributed by atoms with Gasteiger partial charge in [-0.1, -0.05) is 76.2 Å². The molecule has 4 nitrogen and oxygen atoms in total. The van der Waals surface area contributed by atoms with Gasteiger partial charge in [0.15, 0.2) is 0 Å². The van der Waals surface area contributed by atoms with Gasteiger partial charge in [0.25, 0.3) is 0 Å². The number of rotatable bonds is 6. The number of allylic oxidation sites excluding steroid dienone is 1. The summed E-state index contributed by atoms with van der Waals surface area (Å²) in [5.74, 6) is 0. The van der Waals surface area contributed by atoms with Gasteiger partial charge in [0, 0.05) is 7.11 Å². The Hall–Kier alpha value is -1.71. The maximum Gasteiger partial charge on any atom is 0.472 e. The van der Waals surface area contributed by atoms with Crippen molar-refractivity contribution in [2.75, 3.05) is 7.11 Å². The first-order valence-corrected chi connectivity index (χ1v) is 11.9. The van der Waals surface area contributed by atoms with Crippen LogP contribution < -0.4 is 0 Å². The van der Waals surface area contributed by atoms with E-state index in [0.717, 1.165) is 18.2 Å². The molecule has 0 bridgehead atoms. The summed E-state index contributed by atoms with van der Waals surface area (Å²) in [4.78, 5) is 9.34. The lowest BCUT2D eigenvalue weighted by Crippen LogP contribution is -2.33. The van der Waals surface area contributed by atoms with Crippen LogP contribution in [0.1, 0.15) is 75.3 Å². The molecule has 0 aromatic heterocycles. The van der Waals surface area contributed by atoms with Crippen LogP contribution in [0.4, 0.5) is 0 Å². The largest absolute Gasteiger partial charge is 0.472 e. The molecular formula is C25H33O4P. The molecule has 162 valence electrons. The lowest BCUT2D eigenvalue weighted by atomic mass is 9.63. The van der Waals surface area contributed by atoms with E-state index in [0.29, 0.717) is 0 Å². The van der Waals surface area contributed by atoms with Gasteiger partial charge in [-0.3, -0.25) is 9.05 Å². The Morgan fingerprint density at radius 2 is 1.63 bits per heavy atom. The molecule has 0 aliphatic heterocycles. The van der Waals surface area contributed by atoms with Crippen LogP contribution in [0.5, 0.6) is 0 Å². The van der Waals surface area contributed by atoms with Crippen molar-refractivity contribution in [1.29, 1.82) is 0 Å². The van der Waals surface area contributed by atoms with Crippen molar-refractivity contribution in [2.24, 2.45) is 0 Å². The van der Waals surface area contributed by atoms with Crippen LogP contribution in [0.2, 0.25) is 0 Å². The molecule has 1 atom stereocenters. The third-order valence-corrected chi connectivity index (χ3v) is 7.21. The van der Waals surface area contributed by atoms with Crippen LogP contribution in [0.3, 0.4) is 0 Å². The van der Waals surface area contributed by atoms with E-state index in [9.17, 15) is 9.46 Å². The van der Waals surface area contributed by atoms with E-state index in [1.807, 2.05) is 24.3 Å². The predicted molar refractivity (Wildman–Crippen MR) is 123 cm³/mol. The van der Waals surface area contributed by atoms with E-state index in [4.69, 9.17) is 4.52 Å². The van der Waals surface area contributed by atoms with Gasteiger partial charge < -0.3 is 4.89 Å². The van der Waals surface area contributed by atoms with Gasteiger partial charge in [-0.05, 0) is 64.0 Å². The fraction of sp³-hybridized carbons (Fsp3) is 0.440. The Balaban J connectivity index is 1.81. The molecule has 0 radical (unpaired) electrons. The lowest BCUT2D eigenvalue weighted by molar-refractivity contribution is 0.166. The maximum atomic E-state index is 11.4. The zero-order valence-electron chi connectivity index (χ0n) is 18.9. The van der Waals surface area contributed by atoms with Crippen LogP contribution in [-0.2, 0) is 31.0 Å². The molecular weight excluding hydrogens is 395 g/mol. The van der Waals surface area contributed by atoms with Crippen LogP contribution in [0.25, 0.3) is 11.6 Å². The normalized spacial score (nSPS) is 19.8. The highest BCUT2D eigenvalue weighted by Gasteiger charge is 2.36. The van der Waals surface area contributed by atoms with Gasteiger partial charge in [-0.15, -0.1) is 0 Å². The van der Waals surface area contributed by atoms with Crippen molar-refractivity contribution < 1.29 is 18.5 Å². The van der Waals surface area contributed by atoms with Crippen LogP contribution in [0.15, 0.2) is 42.5 Å². The molecule has 1 aliphatic carbocycles. The van der Waals surface area contributed by atoms with E-state index in [1.54, 1.807) is 0 Å². The average molecular weight is 429 g/mol. The molecule has 0 heterocycles. The van der Waals surface area contributed by atoms with Gasteiger partial charge >= 0.3 is 7.82 Å². The topological polar surface area (TPSA) is 55.8 Å². The number of phosphoric ester groups is 1. The molecule has 0 saturated carbocycles. The maximum absolute atomic E-state index is 11.4. The summed E-state index contributed by atoms with van der Waals surface area (Å²) >= 11 is 0. The van der Waals surface area contributed by atoms with Crippen molar-refractivity contribution in [3.05, 3.63) is 70.3 Å². The van der Waals surface area contributed by atoms with Crippen molar-refractivity contribution in [3.8, 4) is 0 Å². The first-order valence-electron chi connectivity index (χ1n) is 10.4. The Morgan fingerprint density at radius 3 is 2.23 bits per heavy atom. The van der Waals surface area contributed by atoms with Crippen molar-refractivity contribution >= 4 is 19.5 Å². The molecule has 1 N–H and O–H groups in total. The van der Waals surface area contributed by atoms with E-state index < -0.39 is 7.82 Å². The Kier molecular flexibility index (Phi) is 6.46. The SMILES string of the molecule is COP(=O)(O)OCc1ccc(C=C(C)c2ccc3c(c2)C(C)(C)CCC3(C)C)cc1. The van der Waals surface area contributed by atoms with E-state index in [-0.39, 0.29) is 17.4 Å². The minimum absolute atomic E-state index is 0.0281. The first-order chi connectivity index (χ1) is 13.9. The predicted octanol–water partition coefficient (Wildman–Crippen LogP) is 6.86. The van der Waals surface area contributed by atoms with Gasteiger partial charge in [0.2, 0.25) is 0 Å². The minimum atomic E-state index is -3.96. The van der Waals surface area contributed by atoms with Gasteiger partial charge in [-0.25, -0.2) is 4.57 Å². The quantitative estimate of drug-likeness (QED) is 0.403. The summed E-state index contributed by atoms with van der Waals surface area (Å²) in [6, 6.07) is 14.7. The fourth-order valence-electron chi connectivity index (χ4n) is 4.09.